The molecule has 0 saturated carbocycles. The van der Waals surface area contributed by atoms with Crippen molar-refractivity contribution in [1.82, 2.24) is 9.47 Å². The zero-order valence-corrected chi connectivity index (χ0v) is 14.4. The number of nitrogens with one attached hydrogen (secondary N) is 1. The average molecular weight is 339 g/mol. The molecule has 1 aromatic heterocycles. The van der Waals surface area contributed by atoms with Crippen LogP contribution in [0.25, 0.3) is 0 Å². The summed E-state index contributed by atoms with van der Waals surface area (Å²) in [7, 11) is 1.63. The lowest BCUT2D eigenvalue weighted by Gasteiger charge is -2.36. The molecule has 2 heterocycles. The van der Waals surface area contributed by atoms with Gasteiger partial charge in [0, 0.05) is 32.8 Å². The molecular weight excluding hydrogens is 318 g/mol. The Morgan fingerprint density at radius 1 is 1.20 bits per heavy atom. The zero-order valence-electron chi connectivity index (χ0n) is 14.4. The second-order valence-corrected chi connectivity index (χ2v) is 6.30. The van der Waals surface area contributed by atoms with Crippen molar-refractivity contribution in [2.75, 3.05) is 11.9 Å². The molecule has 130 valence electrons. The minimum absolute atomic E-state index is 0.0330. The molecule has 0 spiro atoms. The van der Waals surface area contributed by atoms with Crippen LogP contribution < -0.4 is 10.9 Å². The molecule has 0 fully saturated rings. The van der Waals surface area contributed by atoms with Gasteiger partial charge in [-0.2, -0.15) is 0 Å². The Labute approximate surface area is 146 Å². The topological polar surface area (TPSA) is 71.4 Å². The molecule has 0 saturated heterocycles. The predicted molar refractivity (Wildman–Crippen MR) is 95.2 cm³/mol. The van der Waals surface area contributed by atoms with Crippen LogP contribution in [-0.4, -0.2) is 27.8 Å². The molecule has 1 aliphatic heterocycles. The van der Waals surface area contributed by atoms with Crippen LogP contribution >= 0.6 is 0 Å². The van der Waals surface area contributed by atoms with Gasteiger partial charge in [0.2, 0.25) is 17.4 Å². The van der Waals surface area contributed by atoms with E-state index in [4.69, 9.17) is 0 Å². The first-order valence-electron chi connectivity index (χ1n) is 8.27. The molecule has 0 aliphatic carbocycles. The molecule has 2 aromatic rings. The number of fused-ring (bicyclic) bond motifs is 1. The van der Waals surface area contributed by atoms with E-state index in [2.05, 4.69) is 5.32 Å². The van der Waals surface area contributed by atoms with Gasteiger partial charge in [-0.15, -0.1) is 0 Å². The van der Waals surface area contributed by atoms with Gasteiger partial charge in [0.1, 0.15) is 0 Å². The summed E-state index contributed by atoms with van der Waals surface area (Å²) in [6.07, 6.45) is 2.56. The summed E-state index contributed by atoms with van der Waals surface area (Å²) in [5.74, 6) is -0.221. The number of carbonyl (C=O) groups is 2. The van der Waals surface area contributed by atoms with Gasteiger partial charge in [-0.1, -0.05) is 24.3 Å². The van der Waals surface area contributed by atoms with Gasteiger partial charge in [0.15, 0.2) is 0 Å². The number of rotatable bonds is 3. The van der Waals surface area contributed by atoms with Crippen LogP contribution in [0.1, 0.15) is 30.5 Å². The van der Waals surface area contributed by atoms with Crippen LogP contribution in [0.5, 0.6) is 0 Å². The number of carbonyl (C=O) groups excluding carboxylic acids is 2. The Kier molecular flexibility index (Phi) is 4.70. The highest BCUT2D eigenvalue weighted by atomic mass is 16.2. The largest absolute Gasteiger partial charge is 0.335 e. The third kappa shape index (κ3) is 3.63. The molecule has 0 radical (unpaired) electrons. The fraction of sp³-hybridized carbons (Fsp3) is 0.316. The number of nitrogens with zero attached hydrogens (tertiary/aromatic N) is 2. The van der Waals surface area contributed by atoms with Gasteiger partial charge in [-0.25, -0.2) is 0 Å². The maximum atomic E-state index is 12.5. The third-order valence-electron chi connectivity index (χ3n) is 4.57. The lowest BCUT2D eigenvalue weighted by molar-refractivity contribution is -0.132. The van der Waals surface area contributed by atoms with Crippen molar-refractivity contribution in [3.63, 3.8) is 0 Å². The molecule has 1 aliphatic rings. The van der Waals surface area contributed by atoms with E-state index >= 15 is 0 Å². The molecule has 0 bridgehead atoms. The Hall–Kier alpha value is -2.89. The first-order chi connectivity index (χ1) is 12.0. The van der Waals surface area contributed by atoms with Crippen LogP contribution in [0.3, 0.4) is 0 Å². The molecular formula is C19H21N3O3. The fourth-order valence-electron chi connectivity index (χ4n) is 3.30. The van der Waals surface area contributed by atoms with Gasteiger partial charge in [0.05, 0.1) is 18.2 Å². The summed E-state index contributed by atoms with van der Waals surface area (Å²) in [6, 6.07) is 10.7. The van der Waals surface area contributed by atoms with Gasteiger partial charge in [-0.3, -0.25) is 14.4 Å². The first kappa shape index (κ1) is 17.0. The van der Waals surface area contributed by atoms with Crippen molar-refractivity contribution in [2.24, 2.45) is 7.05 Å². The van der Waals surface area contributed by atoms with Crippen LogP contribution in [0.15, 0.2) is 47.4 Å². The smallest absolute Gasteiger partial charge is 0.250 e. The number of anilines is 1. The van der Waals surface area contributed by atoms with E-state index in [-0.39, 0.29) is 29.8 Å². The number of pyridine rings is 1. The Morgan fingerprint density at radius 2 is 1.96 bits per heavy atom. The summed E-state index contributed by atoms with van der Waals surface area (Å²) in [5, 5.41) is 2.81. The number of amides is 2. The lowest BCUT2D eigenvalue weighted by atomic mass is 9.90. The standard InChI is InChI=1S/C19H21N3O3/c1-13(23)22-10-9-14-5-3-4-6-16(14)17(22)11-18(24)20-15-7-8-19(25)21(2)12-15/h3-8,12,17H,9-11H2,1-2H3,(H,20,24)/t17-/m1/s1. The third-order valence-corrected chi connectivity index (χ3v) is 4.57. The summed E-state index contributed by atoms with van der Waals surface area (Å²) in [4.78, 5) is 37.7. The lowest BCUT2D eigenvalue weighted by Crippen LogP contribution is -2.40. The van der Waals surface area contributed by atoms with E-state index < -0.39 is 0 Å². The van der Waals surface area contributed by atoms with E-state index in [1.807, 2.05) is 24.3 Å². The van der Waals surface area contributed by atoms with Gasteiger partial charge >= 0.3 is 0 Å². The van der Waals surface area contributed by atoms with Crippen molar-refractivity contribution in [3.05, 3.63) is 64.1 Å². The summed E-state index contributed by atoms with van der Waals surface area (Å²) < 4.78 is 1.41. The Morgan fingerprint density at radius 3 is 2.68 bits per heavy atom. The molecule has 6 nitrogen and oxygen atoms in total. The van der Waals surface area contributed by atoms with Gasteiger partial charge in [-0.05, 0) is 23.6 Å². The summed E-state index contributed by atoms with van der Waals surface area (Å²) >= 11 is 0. The average Bonchev–Trinajstić information content (AvgIpc) is 2.58. The summed E-state index contributed by atoms with van der Waals surface area (Å²) in [6.45, 7) is 2.15. The molecule has 1 aromatic carbocycles. The van der Waals surface area contributed by atoms with Crippen molar-refractivity contribution in [3.8, 4) is 0 Å². The van der Waals surface area contributed by atoms with E-state index in [1.54, 1.807) is 24.2 Å². The summed E-state index contributed by atoms with van der Waals surface area (Å²) in [5.41, 5.74) is 2.63. The highest BCUT2D eigenvalue weighted by molar-refractivity contribution is 5.91. The zero-order chi connectivity index (χ0) is 18.0. The highest BCUT2D eigenvalue weighted by Gasteiger charge is 2.30. The van der Waals surface area contributed by atoms with Crippen molar-refractivity contribution in [2.45, 2.75) is 25.8 Å². The molecule has 3 rings (SSSR count). The number of hydrogen-bond acceptors (Lipinski definition) is 3. The molecule has 25 heavy (non-hydrogen) atoms. The minimum atomic E-state index is -0.269. The number of aryl methyl sites for hydroxylation is 1. The molecule has 2 amide bonds. The first-order valence-corrected chi connectivity index (χ1v) is 8.27. The quantitative estimate of drug-likeness (QED) is 0.928. The molecule has 0 unspecified atom stereocenters. The number of benzene rings is 1. The van der Waals surface area contributed by atoms with E-state index in [0.29, 0.717) is 12.2 Å². The molecule has 1 N–H and O–H groups in total. The number of hydrogen-bond donors (Lipinski definition) is 1. The van der Waals surface area contributed by atoms with E-state index in [9.17, 15) is 14.4 Å². The molecule has 6 heteroatoms. The van der Waals surface area contributed by atoms with Crippen LogP contribution in [0, 0.1) is 0 Å². The SMILES string of the molecule is CC(=O)N1CCc2ccccc2[C@H]1CC(=O)Nc1ccc(=O)n(C)c1. The second-order valence-electron chi connectivity index (χ2n) is 6.30. The highest BCUT2D eigenvalue weighted by Crippen LogP contribution is 2.32. The van der Waals surface area contributed by atoms with Crippen molar-refractivity contribution in [1.29, 1.82) is 0 Å². The predicted octanol–water partition coefficient (Wildman–Crippen LogP) is 1.86. The van der Waals surface area contributed by atoms with Gasteiger partial charge in [0.25, 0.3) is 0 Å². The fourth-order valence-corrected chi connectivity index (χ4v) is 3.30. The van der Waals surface area contributed by atoms with Crippen molar-refractivity contribution >= 4 is 17.5 Å². The normalized spacial score (nSPS) is 16.2. The Balaban J connectivity index is 1.81. The minimum Gasteiger partial charge on any atom is -0.335 e. The maximum absolute atomic E-state index is 12.5. The Bertz CT molecular complexity index is 872. The maximum Gasteiger partial charge on any atom is 0.250 e. The molecule has 1 atom stereocenters. The van der Waals surface area contributed by atoms with E-state index in [0.717, 1.165) is 12.0 Å². The monoisotopic (exact) mass is 339 g/mol. The second kappa shape index (κ2) is 6.93. The van der Waals surface area contributed by atoms with Crippen LogP contribution in [0.4, 0.5) is 5.69 Å². The van der Waals surface area contributed by atoms with Gasteiger partial charge < -0.3 is 14.8 Å². The van der Waals surface area contributed by atoms with Crippen molar-refractivity contribution < 1.29 is 9.59 Å². The van der Waals surface area contributed by atoms with Crippen LogP contribution in [-0.2, 0) is 23.1 Å². The number of aromatic nitrogens is 1. The van der Waals surface area contributed by atoms with Crippen LogP contribution in [0.2, 0.25) is 0 Å². The van der Waals surface area contributed by atoms with E-state index in [1.165, 1.54) is 23.1 Å².